The summed E-state index contributed by atoms with van der Waals surface area (Å²) in [4.78, 5) is 17.3. The number of rotatable bonds is 5. The SMILES string of the molecule is CCCC1=NC(C2O[C@@H]3OC(C)(C)O[C@@H]3[C@H]3OC(C)(C)O[C@@H]23)CC(O)=C1C(=O)OCC. The van der Waals surface area contributed by atoms with Gasteiger partial charge in [0.1, 0.15) is 35.7 Å². The van der Waals surface area contributed by atoms with Crippen molar-refractivity contribution < 1.29 is 38.3 Å². The van der Waals surface area contributed by atoms with Crippen molar-refractivity contribution >= 4 is 11.7 Å². The van der Waals surface area contributed by atoms with Crippen LogP contribution >= 0.6 is 0 Å². The maximum atomic E-state index is 12.4. The fourth-order valence-electron chi connectivity index (χ4n) is 4.78. The Bertz CT molecular complexity index is 788. The van der Waals surface area contributed by atoms with Gasteiger partial charge in [0.05, 0.1) is 18.4 Å². The predicted molar refractivity (Wildman–Crippen MR) is 110 cm³/mol. The zero-order chi connectivity index (χ0) is 22.6. The molecule has 4 rings (SSSR count). The summed E-state index contributed by atoms with van der Waals surface area (Å²) in [6, 6.07) is -0.460. The molecule has 2 unspecified atom stereocenters. The van der Waals surface area contributed by atoms with E-state index in [1.54, 1.807) is 6.92 Å². The lowest BCUT2D eigenvalue weighted by Gasteiger charge is -2.40. The summed E-state index contributed by atoms with van der Waals surface area (Å²) in [5.74, 6) is -2.22. The first-order valence-corrected chi connectivity index (χ1v) is 11.1. The summed E-state index contributed by atoms with van der Waals surface area (Å²) in [7, 11) is 0. The quantitative estimate of drug-likeness (QED) is 0.652. The van der Waals surface area contributed by atoms with Gasteiger partial charge in [-0.1, -0.05) is 13.3 Å². The molecule has 6 atom stereocenters. The molecule has 4 aliphatic rings. The van der Waals surface area contributed by atoms with E-state index in [0.717, 1.165) is 6.42 Å². The first kappa shape index (κ1) is 22.7. The molecule has 174 valence electrons. The van der Waals surface area contributed by atoms with Crippen LogP contribution in [0.2, 0.25) is 0 Å². The van der Waals surface area contributed by atoms with Crippen LogP contribution in [0.4, 0.5) is 0 Å². The van der Waals surface area contributed by atoms with Crippen molar-refractivity contribution in [2.24, 2.45) is 4.99 Å². The topological polar surface area (TPSA) is 105 Å². The molecule has 0 saturated carbocycles. The van der Waals surface area contributed by atoms with E-state index in [-0.39, 0.29) is 24.4 Å². The number of dihydropyridines is 1. The molecule has 9 nitrogen and oxygen atoms in total. The normalized spacial score (nSPS) is 38.5. The third-order valence-corrected chi connectivity index (χ3v) is 5.84. The minimum absolute atomic E-state index is 0.0359. The molecule has 31 heavy (non-hydrogen) atoms. The Hall–Kier alpha value is -1.52. The van der Waals surface area contributed by atoms with Gasteiger partial charge in [0.2, 0.25) is 0 Å². The first-order chi connectivity index (χ1) is 14.5. The summed E-state index contributed by atoms with van der Waals surface area (Å²) in [5.41, 5.74) is 0.690. The number of carbonyl (C=O) groups is 1. The Morgan fingerprint density at radius 3 is 2.29 bits per heavy atom. The van der Waals surface area contributed by atoms with E-state index in [1.807, 2.05) is 34.6 Å². The lowest BCUT2D eigenvalue weighted by atomic mass is 9.88. The Morgan fingerprint density at radius 2 is 1.65 bits per heavy atom. The smallest absolute Gasteiger partial charge is 0.343 e. The second kappa shape index (κ2) is 8.12. The van der Waals surface area contributed by atoms with E-state index in [4.69, 9.17) is 33.4 Å². The van der Waals surface area contributed by atoms with Gasteiger partial charge < -0.3 is 33.5 Å². The first-order valence-electron chi connectivity index (χ1n) is 11.1. The molecule has 3 saturated heterocycles. The number of hydrogen-bond acceptors (Lipinski definition) is 9. The van der Waals surface area contributed by atoms with Crippen molar-refractivity contribution in [1.29, 1.82) is 0 Å². The third-order valence-electron chi connectivity index (χ3n) is 5.84. The predicted octanol–water partition coefficient (Wildman–Crippen LogP) is 2.77. The van der Waals surface area contributed by atoms with Crippen molar-refractivity contribution in [3.05, 3.63) is 11.3 Å². The number of hydrogen-bond donors (Lipinski definition) is 1. The third kappa shape index (κ3) is 4.26. The zero-order valence-corrected chi connectivity index (χ0v) is 19.0. The summed E-state index contributed by atoms with van der Waals surface area (Å²) < 4.78 is 35.8. The van der Waals surface area contributed by atoms with Crippen LogP contribution in [-0.2, 0) is 33.2 Å². The standard InChI is InChI=1S/C22H33NO8/c1-7-9-11-14(19(25)26-8-2)13(24)10-12(23-11)15-16-17(29-21(3,4)28-16)18-20(27-15)31-22(5,6)30-18/h12,15-18,20,24H,7-10H2,1-6H3/t12?,15?,16-,17-,18+,20+/m0/s1. The Balaban J connectivity index is 1.64. The molecule has 0 aromatic heterocycles. The molecule has 4 aliphatic heterocycles. The van der Waals surface area contributed by atoms with Crippen LogP contribution in [0.15, 0.2) is 16.3 Å². The van der Waals surface area contributed by atoms with Crippen LogP contribution < -0.4 is 0 Å². The van der Waals surface area contributed by atoms with Crippen LogP contribution in [0.3, 0.4) is 0 Å². The lowest BCUT2D eigenvalue weighted by molar-refractivity contribution is -0.238. The van der Waals surface area contributed by atoms with Gasteiger partial charge in [-0.2, -0.15) is 0 Å². The Kier molecular flexibility index (Phi) is 5.93. The molecule has 0 aromatic carbocycles. The molecule has 1 N–H and O–H groups in total. The van der Waals surface area contributed by atoms with Crippen molar-refractivity contribution in [3.63, 3.8) is 0 Å². The zero-order valence-electron chi connectivity index (χ0n) is 19.0. The summed E-state index contributed by atoms with van der Waals surface area (Å²) >= 11 is 0. The number of aliphatic imine (C=N–C) groups is 1. The van der Waals surface area contributed by atoms with Crippen LogP contribution in [0, 0.1) is 0 Å². The highest BCUT2D eigenvalue weighted by Gasteiger charge is 2.62. The van der Waals surface area contributed by atoms with Crippen LogP contribution in [-0.4, -0.2) is 71.7 Å². The molecular weight excluding hydrogens is 406 g/mol. The van der Waals surface area contributed by atoms with Crippen LogP contribution in [0.25, 0.3) is 0 Å². The molecule has 4 heterocycles. The minimum atomic E-state index is -0.819. The maximum absolute atomic E-state index is 12.4. The monoisotopic (exact) mass is 439 g/mol. The van der Waals surface area contributed by atoms with Gasteiger partial charge in [0, 0.05) is 6.42 Å². The number of carbonyl (C=O) groups excluding carboxylic acids is 1. The highest BCUT2D eigenvalue weighted by Crippen LogP contribution is 2.46. The molecular formula is C22H33NO8. The van der Waals surface area contributed by atoms with Gasteiger partial charge in [-0.15, -0.1) is 0 Å². The number of aliphatic hydroxyl groups is 1. The second-order valence-electron chi connectivity index (χ2n) is 9.27. The van der Waals surface area contributed by atoms with E-state index < -0.39 is 54.3 Å². The van der Waals surface area contributed by atoms with Crippen molar-refractivity contribution in [1.82, 2.24) is 0 Å². The summed E-state index contributed by atoms with van der Waals surface area (Å²) in [6.45, 7) is 11.3. The maximum Gasteiger partial charge on any atom is 0.343 e. The van der Waals surface area contributed by atoms with E-state index in [0.29, 0.717) is 12.1 Å². The van der Waals surface area contributed by atoms with Gasteiger partial charge in [0.25, 0.3) is 0 Å². The van der Waals surface area contributed by atoms with E-state index in [1.165, 1.54) is 0 Å². The van der Waals surface area contributed by atoms with Gasteiger partial charge in [-0.05, 0) is 41.0 Å². The average Bonchev–Trinajstić information content (AvgIpc) is 3.14. The molecule has 0 spiro atoms. The largest absolute Gasteiger partial charge is 0.511 e. The number of esters is 1. The van der Waals surface area contributed by atoms with Gasteiger partial charge in [-0.25, -0.2) is 4.79 Å². The number of ether oxygens (including phenoxy) is 6. The van der Waals surface area contributed by atoms with Crippen molar-refractivity contribution in [2.45, 2.75) is 109 Å². The number of nitrogens with zero attached hydrogens (tertiary/aromatic N) is 1. The van der Waals surface area contributed by atoms with Gasteiger partial charge in [0.15, 0.2) is 17.9 Å². The van der Waals surface area contributed by atoms with Gasteiger partial charge >= 0.3 is 5.97 Å². The Morgan fingerprint density at radius 1 is 1.03 bits per heavy atom. The Labute approximate surface area is 182 Å². The highest BCUT2D eigenvalue weighted by molar-refractivity contribution is 6.20. The van der Waals surface area contributed by atoms with Gasteiger partial charge in [-0.3, -0.25) is 4.99 Å². The molecule has 3 fully saturated rings. The average molecular weight is 440 g/mol. The minimum Gasteiger partial charge on any atom is -0.511 e. The van der Waals surface area contributed by atoms with Crippen LogP contribution in [0.1, 0.15) is 60.8 Å². The molecule has 0 aromatic rings. The van der Waals surface area contributed by atoms with Crippen molar-refractivity contribution in [3.8, 4) is 0 Å². The molecule has 0 radical (unpaired) electrons. The molecule has 0 aliphatic carbocycles. The van der Waals surface area contributed by atoms with Crippen LogP contribution in [0.5, 0.6) is 0 Å². The molecule has 0 amide bonds. The second-order valence-corrected chi connectivity index (χ2v) is 9.27. The van der Waals surface area contributed by atoms with E-state index in [2.05, 4.69) is 0 Å². The molecule has 9 heteroatoms. The van der Waals surface area contributed by atoms with Crippen molar-refractivity contribution in [2.75, 3.05) is 6.61 Å². The van der Waals surface area contributed by atoms with E-state index >= 15 is 0 Å². The highest BCUT2D eigenvalue weighted by atomic mass is 16.9. The summed E-state index contributed by atoms with van der Waals surface area (Å²) in [5, 5.41) is 10.8. The fourth-order valence-corrected chi connectivity index (χ4v) is 4.78. The summed E-state index contributed by atoms with van der Waals surface area (Å²) in [6.07, 6.45) is -1.02. The lowest BCUT2D eigenvalue weighted by Crippen LogP contribution is -2.58. The fraction of sp³-hybridized carbons (Fsp3) is 0.818. The number of fused-ring (bicyclic) bond motifs is 3. The molecule has 0 bridgehead atoms. The van der Waals surface area contributed by atoms with E-state index in [9.17, 15) is 9.90 Å². The number of aliphatic hydroxyl groups excluding tert-OH is 1.